The topological polar surface area (TPSA) is 69.6 Å². The molecular formula is C10H18N2O3. The summed E-state index contributed by atoms with van der Waals surface area (Å²) in [5.41, 5.74) is 0. The van der Waals surface area contributed by atoms with Gasteiger partial charge in [0.2, 0.25) is 11.8 Å². The van der Waals surface area contributed by atoms with Crippen LogP contribution >= 0.6 is 0 Å². The van der Waals surface area contributed by atoms with Crippen LogP contribution in [0.5, 0.6) is 0 Å². The fourth-order valence-electron chi connectivity index (χ4n) is 1.64. The molecule has 1 saturated heterocycles. The predicted molar refractivity (Wildman–Crippen MR) is 55.1 cm³/mol. The Labute approximate surface area is 89.4 Å². The maximum absolute atomic E-state index is 11.7. The lowest BCUT2D eigenvalue weighted by molar-refractivity contribution is -0.128. The highest BCUT2D eigenvalue weighted by Crippen LogP contribution is 2.16. The molecule has 0 aliphatic carbocycles. The molecule has 86 valence electrons. The van der Waals surface area contributed by atoms with Crippen LogP contribution in [-0.2, 0) is 9.59 Å². The zero-order valence-corrected chi connectivity index (χ0v) is 9.19. The van der Waals surface area contributed by atoms with Crippen LogP contribution in [0, 0.1) is 5.92 Å². The van der Waals surface area contributed by atoms with E-state index in [-0.39, 0.29) is 36.8 Å². The van der Waals surface area contributed by atoms with Crippen LogP contribution in [0.3, 0.4) is 0 Å². The van der Waals surface area contributed by atoms with Gasteiger partial charge < -0.3 is 15.3 Å². The number of likely N-dealkylation sites (tertiary alicyclic amines) is 1. The molecule has 15 heavy (non-hydrogen) atoms. The Kier molecular flexibility index (Phi) is 4.08. The van der Waals surface area contributed by atoms with Crippen molar-refractivity contribution in [3.8, 4) is 0 Å². The van der Waals surface area contributed by atoms with Crippen molar-refractivity contribution in [2.24, 2.45) is 5.92 Å². The van der Waals surface area contributed by atoms with Gasteiger partial charge in [0.1, 0.15) is 0 Å². The Balaban J connectivity index is 2.44. The Morgan fingerprint density at radius 3 is 2.80 bits per heavy atom. The van der Waals surface area contributed by atoms with Crippen molar-refractivity contribution < 1.29 is 14.7 Å². The molecule has 0 radical (unpaired) electrons. The van der Waals surface area contributed by atoms with Crippen LogP contribution in [0.25, 0.3) is 0 Å². The quantitative estimate of drug-likeness (QED) is 0.653. The molecule has 1 rings (SSSR count). The molecule has 1 aliphatic heterocycles. The first kappa shape index (κ1) is 12.0. The average Bonchev–Trinajstić information content (AvgIpc) is 2.55. The third-order valence-electron chi connectivity index (χ3n) is 2.77. The van der Waals surface area contributed by atoms with Crippen molar-refractivity contribution in [3.05, 3.63) is 0 Å². The summed E-state index contributed by atoms with van der Waals surface area (Å²) in [6, 6.07) is -0.196. The lowest BCUT2D eigenvalue weighted by atomic mass is 10.1. The molecule has 2 N–H and O–H groups in total. The van der Waals surface area contributed by atoms with E-state index in [1.807, 2.05) is 6.92 Å². The minimum atomic E-state index is -0.261. The van der Waals surface area contributed by atoms with Crippen LogP contribution in [0.4, 0.5) is 0 Å². The zero-order chi connectivity index (χ0) is 11.4. The van der Waals surface area contributed by atoms with E-state index >= 15 is 0 Å². The van der Waals surface area contributed by atoms with E-state index in [1.165, 1.54) is 0 Å². The summed E-state index contributed by atoms with van der Waals surface area (Å²) >= 11 is 0. The van der Waals surface area contributed by atoms with Crippen LogP contribution in [0.1, 0.15) is 19.8 Å². The molecule has 1 unspecified atom stereocenters. The highest BCUT2D eigenvalue weighted by atomic mass is 16.3. The second-order valence-electron chi connectivity index (χ2n) is 3.97. The second kappa shape index (κ2) is 5.11. The molecule has 1 fully saturated rings. The minimum absolute atomic E-state index is 0.00666. The number of aliphatic hydroxyl groups is 1. The number of aliphatic hydroxyl groups excluding tert-OH is 1. The number of hydrogen-bond acceptors (Lipinski definition) is 3. The highest BCUT2D eigenvalue weighted by molar-refractivity contribution is 5.89. The first-order chi connectivity index (χ1) is 7.08. The molecule has 5 nitrogen and oxygen atoms in total. The van der Waals surface area contributed by atoms with E-state index in [0.29, 0.717) is 13.0 Å². The molecule has 0 aromatic rings. The van der Waals surface area contributed by atoms with Gasteiger partial charge in [-0.05, 0) is 6.42 Å². The lowest BCUT2D eigenvalue weighted by Gasteiger charge is -2.16. The van der Waals surface area contributed by atoms with Crippen LogP contribution in [-0.4, -0.2) is 48.1 Å². The third kappa shape index (κ3) is 2.92. The molecule has 0 spiro atoms. The molecule has 0 aromatic carbocycles. The van der Waals surface area contributed by atoms with E-state index in [9.17, 15) is 9.59 Å². The first-order valence-corrected chi connectivity index (χ1v) is 5.23. The monoisotopic (exact) mass is 214 g/mol. The van der Waals surface area contributed by atoms with Crippen LogP contribution in [0.2, 0.25) is 0 Å². The average molecular weight is 214 g/mol. The summed E-state index contributed by atoms with van der Waals surface area (Å²) in [4.78, 5) is 24.4. The van der Waals surface area contributed by atoms with Crippen LogP contribution < -0.4 is 5.32 Å². The smallest absolute Gasteiger partial charge is 0.225 e. The Morgan fingerprint density at radius 1 is 1.73 bits per heavy atom. The molecule has 1 heterocycles. The molecule has 1 aliphatic rings. The van der Waals surface area contributed by atoms with Crippen molar-refractivity contribution in [1.82, 2.24) is 10.2 Å². The fraction of sp³-hybridized carbons (Fsp3) is 0.800. The molecule has 0 bridgehead atoms. The molecule has 0 aromatic heterocycles. The van der Waals surface area contributed by atoms with E-state index in [2.05, 4.69) is 5.32 Å². The second-order valence-corrected chi connectivity index (χ2v) is 3.97. The number of nitrogens with one attached hydrogen (secondary N) is 1. The van der Waals surface area contributed by atoms with Crippen LogP contribution in [0.15, 0.2) is 0 Å². The van der Waals surface area contributed by atoms with Crippen molar-refractivity contribution in [3.63, 3.8) is 0 Å². The van der Waals surface area contributed by atoms with Crippen molar-refractivity contribution in [2.75, 3.05) is 20.2 Å². The fourth-order valence-corrected chi connectivity index (χ4v) is 1.64. The molecular weight excluding hydrogens is 196 g/mol. The number of carbonyl (C=O) groups excluding carboxylic acids is 2. The number of nitrogens with zero attached hydrogens (tertiary/aromatic N) is 1. The van der Waals surface area contributed by atoms with Gasteiger partial charge in [-0.1, -0.05) is 6.92 Å². The first-order valence-electron chi connectivity index (χ1n) is 5.23. The molecule has 2 atom stereocenters. The maximum atomic E-state index is 11.7. The van der Waals surface area contributed by atoms with E-state index in [4.69, 9.17) is 5.11 Å². The Morgan fingerprint density at radius 2 is 2.40 bits per heavy atom. The highest BCUT2D eigenvalue weighted by Gasteiger charge is 2.32. The summed E-state index contributed by atoms with van der Waals surface area (Å²) in [5.74, 6) is -0.385. The number of rotatable bonds is 4. The Hall–Kier alpha value is -1.10. The SMILES string of the molecule is CC[C@H](CO)NC(=O)C1CC(=O)N(C)C1. The van der Waals surface area contributed by atoms with E-state index < -0.39 is 0 Å². The number of amides is 2. The normalized spacial score (nSPS) is 23.0. The largest absolute Gasteiger partial charge is 0.394 e. The lowest BCUT2D eigenvalue weighted by Crippen LogP contribution is -2.41. The maximum Gasteiger partial charge on any atom is 0.225 e. The molecule has 5 heteroatoms. The predicted octanol–water partition coefficient (Wildman–Crippen LogP) is -0.648. The van der Waals surface area contributed by atoms with Crippen molar-refractivity contribution in [1.29, 1.82) is 0 Å². The van der Waals surface area contributed by atoms with Crippen molar-refractivity contribution >= 4 is 11.8 Å². The summed E-state index contributed by atoms with van der Waals surface area (Å²) in [5, 5.41) is 11.7. The summed E-state index contributed by atoms with van der Waals surface area (Å²) < 4.78 is 0. The van der Waals surface area contributed by atoms with Gasteiger partial charge in [-0.3, -0.25) is 9.59 Å². The Bertz CT molecular complexity index is 251. The van der Waals surface area contributed by atoms with Gasteiger partial charge in [0, 0.05) is 20.0 Å². The summed E-state index contributed by atoms with van der Waals surface area (Å²) in [6.45, 7) is 2.32. The van der Waals surface area contributed by atoms with E-state index in [0.717, 1.165) is 0 Å². The zero-order valence-electron chi connectivity index (χ0n) is 9.19. The van der Waals surface area contributed by atoms with Gasteiger partial charge in [0.05, 0.1) is 18.6 Å². The third-order valence-corrected chi connectivity index (χ3v) is 2.77. The van der Waals surface area contributed by atoms with Gasteiger partial charge >= 0.3 is 0 Å². The van der Waals surface area contributed by atoms with Gasteiger partial charge in [-0.2, -0.15) is 0 Å². The number of hydrogen-bond donors (Lipinski definition) is 2. The minimum Gasteiger partial charge on any atom is -0.394 e. The molecule has 2 amide bonds. The molecule has 0 saturated carbocycles. The number of carbonyl (C=O) groups is 2. The van der Waals surface area contributed by atoms with E-state index in [1.54, 1.807) is 11.9 Å². The summed E-state index contributed by atoms with van der Waals surface area (Å²) in [6.07, 6.45) is 0.975. The van der Waals surface area contributed by atoms with Gasteiger partial charge in [-0.15, -0.1) is 0 Å². The standard InChI is InChI=1S/C10H18N2O3/c1-3-8(6-13)11-10(15)7-4-9(14)12(2)5-7/h7-8,13H,3-6H2,1-2H3,(H,11,15)/t7?,8-/m1/s1. The van der Waals surface area contributed by atoms with Gasteiger partial charge in [0.15, 0.2) is 0 Å². The van der Waals surface area contributed by atoms with Crippen molar-refractivity contribution in [2.45, 2.75) is 25.8 Å². The van der Waals surface area contributed by atoms with Gasteiger partial charge in [-0.25, -0.2) is 0 Å². The van der Waals surface area contributed by atoms with Gasteiger partial charge in [0.25, 0.3) is 0 Å². The summed E-state index contributed by atoms with van der Waals surface area (Å²) in [7, 11) is 1.69.